The second-order valence-electron chi connectivity index (χ2n) is 7.16. The Labute approximate surface area is 185 Å². The van der Waals surface area contributed by atoms with E-state index in [1.807, 2.05) is 18.2 Å². The zero-order valence-corrected chi connectivity index (χ0v) is 18.8. The molecule has 28 heavy (non-hydrogen) atoms. The van der Waals surface area contributed by atoms with Gasteiger partial charge in [-0.1, -0.05) is 43.3 Å². The van der Waals surface area contributed by atoms with Crippen LogP contribution >= 0.6 is 24.0 Å². The number of hydrogen-bond donors (Lipinski definition) is 3. The normalized spacial score (nSPS) is 15.9. The van der Waals surface area contributed by atoms with Crippen LogP contribution < -0.4 is 11.1 Å². The third-order valence-electron chi connectivity index (χ3n) is 5.10. The van der Waals surface area contributed by atoms with Gasteiger partial charge in [-0.2, -0.15) is 0 Å². The van der Waals surface area contributed by atoms with Crippen molar-refractivity contribution in [3.05, 3.63) is 65.2 Å². The topological polar surface area (TPSA) is 73.9 Å². The Morgan fingerprint density at radius 2 is 1.86 bits per heavy atom. The highest BCUT2D eigenvalue weighted by Gasteiger charge is 2.17. The van der Waals surface area contributed by atoms with E-state index in [1.54, 1.807) is 0 Å². The fraction of sp³-hybridized carbons (Fsp3) is 0.409. The number of benzene rings is 2. The highest BCUT2D eigenvalue weighted by atomic mass is 127. The molecule has 1 saturated heterocycles. The third-order valence-corrected chi connectivity index (χ3v) is 5.10. The molecule has 0 aromatic heterocycles. The number of aliphatic imine (C=N–C) groups is 1. The van der Waals surface area contributed by atoms with Gasteiger partial charge in [0.05, 0.1) is 12.6 Å². The van der Waals surface area contributed by atoms with E-state index in [4.69, 9.17) is 5.73 Å². The maximum atomic E-state index is 9.68. The van der Waals surface area contributed by atoms with E-state index in [0.717, 1.165) is 44.6 Å². The standard InChI is InChI=1S/C22H30N4O.HI/c1-2-17-6-5-9-20(14-17)25-22(23)24-15-18-7-3-4-8-19(18)16-26-12-10-21(27)11-13-26;/h3-9,14,21,27H,2,10-13,15-16H2,1H3,(H3,23,24,25);1H. The summed E-state index contributed by atoms with van der Waals surface area (Å²) in [6, 6.07) is 16.6. The first-order valence-electron chi connectivity index (χ1n) is 9.77. The largest absolute Gasteiger partial charge is 0.393 e. The van der Waals surface area contributed by atoms with Crippen molar-refractivity contribution in [3.63, 3.8) is 0 Å². The Kier molecular flexibility index (Phi) is 9.21. The SMILES string of the molecule is CCc1cccc(NC(N)=NCc2ccccc2CN2CCC(O)CC2)c1.I. The number of aliphatic hydroxyl groups is 1. The quantitative estimate of drug-likeness (QED) is 0.325. The van der Waals surface area contributed by atoms with Crippen molar-refractivity contribution in [2.75, 3.05) is 18.4 Å². The highest BCUT2D eigenvalue weighted by Crippen LogP contribution is 2.17. The fourth-order valence-corrected chi connectivity index (χ4v) is 3.41. The van der Waals surface area contributed by atoms with Crippen LogP contribution in [0, 0.1) is 0 Å². The summed E-state index contributed by atoms with van der Waals surface area (Å²) >= 11 is 0. The van der Waals surface area contributed by atoms with Crippen LogP contribution in [0.1, 0.15) is 36.5 Å². The summed E-state index contributed by atoms with van der Waals surface area (Å²) in [5.74, 6) is 0.430. The maximum absolute atomic E-state index is 9.68. The van der Waals surface area contributed by atoms with Crippen LogP contribution in [0.2, 0.25) is 0 Å². The van der Waals surface area contributed by atoms with Gasteiger partial charge in [0.1, 0.15) is 0 Å². The highest BCUT2D eigenvalue weighted by molar-refractivity contribution is 14.0. The minimum absolute atomic E-state index is 0. The molecule has 0 unspecified atom stereocenters. The van der Waals surface area contributed by atoms with Crippen LogP contribution in [0.25, 0.3) is 0 Å². The number of aliphatic hydroxyl groups excluding tert-OH is 1. The van der Waals surface area contributed by atoms with Crippen LogP contribution in [0.4, 0.5) is 5.69 Å². The van der Waals surface area contributed by atoms with Gasteiger partial charge < -0.3 is 16.2 Å². The summed E-state index contributed by atoms with van der Waals surface area (Å²) in [7, 11) is 0. The Hall–Kier alpha value is -1.64. The molecule has 6 heteroatoms. The molecule has 0 spiro atoms. The number of nitrogens with zero attached hydrogens (tertiary/aromatic N) is 2. The molecule has 0 radical (unpaired) electrons. The fourth-order valence-electron chi connectivity index (χ4n) is 3.41. The van der Waals surface area contributed by atoms with Crippen molar-refractivity contribution < 1.29 is 5.11 Å². The Balaban J connectivity index is 0.00000280. The number of anilines is 1. The number of likely N-dealkylation sites (tertiary alicyclic amines) is 1. The van der Waals surface area contributed by atoms with Gasteiger partial charge >= 0.3 is 0 Å². The number of nitrogens with two attached hydrogens (primary N) is 1. The van der Waals surface area contributed by atoms with Gasteiger partial charge in [0.2, 0.25) is 0 Å². The molecule has 4 N–H and O–H groups in total. The van der Waals surface area contributed by atoms with E-state index in [0.29, 0.717) is 12.5 Å². The van der Waals surface area contributed by atoms with Gasteiger partial charge in [0.25, 0.3) is 0 Å². The number of aryl methyl sites for hydroxylation is 1. The smallest absolute Gasteiger partial charge is 0.193 e. The minimum Gasteiger partial charge on any atom is -0.393 e. The third kappa shape index (κ3) is 6.76. The first kappa shape index (κ1) is 22.6. The van der Waals surface area contributed by atoms with Crippen LogP contribution in [0.3, 0.4) is 0 Å². The van der Waals surface area contributed by atoms with Gasteiger partial charge in [-0.3, -0.25) is 4.90 Å². The van der Waals surface area contributed by atoms with Crippen molar-refractivity contribution in [2.45, 2.75) is 45.4 Å². The number of hydrogen-bond acceptors (Lipinski definition) is 3. The van der Waals surface area contributed by atoms with Crippen molar-refractivity contribution >= 4 is 35.6 Å². The average molecular weight is 494 g/mol. The number of piperidine rings is 1. The van der Waals surface area contributed by atoms with Gasteiger partial charge in [-0.15, -0.1) is 24.0 Å². The second kappa shape index (κ2) is 11.4. The van der Waals surface area contributed by atoms with E-state index in [2.05, 4.69) is 52.5 Å². The molecule has 2 aromatic rings. The van der Waals surface area contributed by atoms with Crippen molar-refractivity contribution in [3.8, 4) is 0 Å². The van der Waals surface area contributed by atoms with E-state index < -0.39 is 0 Å². The summed E-state index contributed by atoms with van der Waals surface area (Å²) in [5, 5.41) is 12.9. The molecule has 0 atom stereocenters. The lowest BCUT2D eigenvalue weighted by Gasteiger charge is -2.30. The van der Waals surface area contributed by atoms with Gasteiger partial charge in [-0.25, -0.2) is 4.99 Å². The average Bonchev–Trinajstić information content (AvgIpc) is 2.69. The summed E-state index contributed by atoms with van der Waals surface area (Å²) in [6.45, 7) is 5.46. The molecular weight excluding hydrogens is 463 g/mol. The predicted molar refractivity (Wildman–Crippen MR) is 127 cm³/mol. The molecule has 152 valence electrons. The van der Waals surface area contributed by atoms with Crippen molar-refractivity contribution in [1.82, 2.24) is 4.90 Å². The van der Waals surface area contributed by atoms with E-state index >= 15 is 0 Å². The lowest BCUT2D eigenvalue weighted by atomic mass is 10.0. The van der Waals surface area contributed by atoms with E-state index in [-0.39, 0.29) is 30.1 Å². The Morgan fingerprint density at radius 1 is 1.14 bits per heavy atom. The molecule has 5 nitrogen and oxygen atoms in total. The van der Waals surface area contributed by atoms with Crippen LogP contribution in [-0.4, -0.2) is 35.2 Å². The molecular formula is C22H31IN4O. The minimum atomic E-state index is -0.141. The second-order valence-corrected chi connectivity index (χ2v) is 7.16. The Bertz CT molecular complexity index is 773. The molecule has 0 saturated carbocycles. The maximum Gasteiger partial charge on any atom is 0.193 e. The van der Waals surface area contributed by atoms with Crippen LogP contribution in [-0.2, 0) is 19.5 Å². The summed E-state index contributed by atoms with van der Waals surface area (Å²) in [5.41, 5.74) is 10.8. The van der Waals surface area contributed by atoms with Crippen LogP contribution in [0.15, 0.2) is 53.5 Å². The number of guanidine groups is 1. The number of halogens is 1. The lowest BCUT2D eigenvalue weighted by Crippen LogP contribution is -2.35. The first-order chi connectivity index (χ1) is 13.1. The summed E-state index contributed by atoms with van der Waals surface area (Å²) in [4.78, 5) is 6.93. The van der Waals surface area contributed by atoms with Crippen LogP contribution in [0.5, 0.6) is 0 Å². The zero-order chi connectivity index (χ0) is 19.1. The van der Waals surface area contributed by atoms with Crippen molar-refractivity contribution in [2.24, 2.45) is 10.7 Å². The number of rotatable bonds is 6. The lowest BCUT2D eigenvalue weighted by molar-refractivity contribution is 0.0791. The van der Waals surface area contributed by atoms with E-state index in [9.17, 15) is 5.11 Å². The number of nitrogens with one attached hydrogen (secondary N) is 1. The molecule has 0 aliphatic carbocycles. The van der Waals surface area contributed by atoms with E-state index in [1.165, 1.54) is 16.7 Å². The summed E-state index contributed by atoms with van der Waals surface area (Å²) < 4.78 is 0. The molecule has 1 fully saturated rings. The van der Waals surface area contributed by atoms with Gasteiger partial charge in [0, 0.05) is 25.3 Å². The molecule has 1 aliphatic rings. The molecule has 3 rings (SSSR count). The molecule has 2 aromatic carbocycles. The molecule has 0 amide bonds. The zero-order valence-electron chi connectivity index (χ0n) is 16.5. The van der Waals surface area contributed by atoms with Gasteiger partial charge in [0.15, 0.2) is 5.96 Å². The Morgan fingerprint density at radius 3 is 2.57 bits per heavy atom. The predicted octanol–water partition coefficient (Wildman–Crippen LogP) is 3.75. The van der Waals surface area contributed by atoms with Crippen molar-refractivity contribution in [1.29, 1.82) is 0 Å². The molecule has 0 bridgehead atoms. The monoisotopic (exact) mass is 494 g/mol. The summed E-state index contributed by atoms with van der Waals surface area (Å²) in [6.07, 6.45) is 2.56. The molecule has 1 aliphatic heterocycles. The molecule has 1 heterocycles. The van der Waals surface area contributed by atoms with Gasteiger partial charge in [-0.05, 0) is 48.1 Å². The first-order valence-corrected chi connectivity index (χ1v) is 9.77.